The number of nitrogens with zero attached hydrogens (tertiary/aromatic N) is 3. The van der Waals surface area contributed by atoms with Crippen LogP contribution in [0.15, 0.2) is 35.5 Å². The summed E-state index contributed by atoms with van der Waals surface area (Å²) in [4.78, 5) is 17.5. The molecule has 3 heterocycles. The van der Waals surface area contributed by atoms with E-state index in [9.17, 15) is 18.0 Å². The number of hydrogen-bond acceptors (Lipinski definition) is 3. The molecule has 4 rings (SSSR count). The van der Waals surface area contributed by atoms with Crippen molar-refractivity contribution in [2.45, 2.75) is 51.1 Å². The van der Waals surface area contributed by atoms with Gasteiger partial charge in [0.05, 0.1) is 0 Å². The molecule has 0 unspecified atom stereocenters. The number of rotatable bonds is 8. The number of alkyl halides is 3. The van der Waals surface area contributed by atoms with E-state index in [4.69, 9.17) is 0 Å². The molecule has 1 aromatic rings. The van der Waals surface area contributed by atoms with Gasteiger partial charge < -0.3 is 20.3 Å². The topological polar surface area (TPSA) is 26.8 Å². The molecule has 0 radical (unpaired) electrons. The first-order valence-corrected chi connectivity index (χ1v) is 13.1. The van der Waals surface area contributed by atoms with Crippen molar-refractivity contribution in [2.24, 2.45) is 0 Å². The summed E-state index contributed by atoms with van der Waals surface area (Å²) in [7, 11) is 0. The van der Waals surface area contributed by atoms with E-state index in [1.54, 1.807) is 32.3 Å². The van der Waals surface area contributed by atoms with E-state index in [-0.39, 0.29) is 93.5 Å². The molecule has 0 atom stereocenters. The van der Waals surface area contributed by atoms with Crippen LogP contribution in [-0.4, -0.2) is 58.1 Å². The van der Waals surface area contributed by atoms with Crippen LogP contribution in [-0.2, 0) is 4.79 Å². The Hall–Kier alpha value is 0.632. The van der Waals surface area contributed by atoms with Crippen molar-refractivity contribution in [3.05, 3.63) is 49.0 Å². The van der Waals surface area contributed by atoms with Gasteiger partial charge in [-0.1, -0.05) is 18.5 Å². The van der Waals surface area contributed by atoms with E-state index in [0.29, 0.717) is 25.2 Å². The van der Waals surface area contributed by atoms with E-state index in [1.165, 1.54) is 32.4 Å². The van der Waals surface area contributed by atoms with Crippen molar-refractivity contribution in [3.8, 4) is 0 Å². The molecule has 0 aliphatic carbocycles. The number of likely N-dealkylation sites (tertiary alicyclic amines) is 1. The second-order valence-corrected chi connectivity index (χ2v) is 10.8. The molecule has 0 bridgehead atoms. The number of halogens is 4. The molecule has 4 nitrogen and oxygen atoms in total. The monoisotopic (exact) mass is 694 g/mol. The van der Waals surface area contributed by atoms with Gasteiger partial charge in [-0.15, -0.1) is 12.1 Å². The van der Waals surface area contributed by atoms with Crippen molar-refractivity contribution in [2.75, 3.05) is 35.8 Å². The molecule has 1 saturated heterocycles. The van der Waals surface area contributed by atoms with Crippen molar-refractivity contribution in [1.82, 2.24) is 9.80 Å². The summed E-state index contributed by atoms with van der Waals surface area (Å²) in [5.41, 5.74) is 1.13. The minimum absolute atomic E-state index is 0. The number of unbranched alkanes of at least 4 members (excludes halogenated alkanes) is 3. The second kappa shape index (κ2) is 13.8. The smallest absolute Gasteiger partial charge is 0.358 e. The van der Waals surface area contributed by atoms with Gasteiger partial charge in [-0.2, -0.15) is 31.4 Å². The molecular weight excluding hydrogens is 663 g/mol. The van der Waals surface area contributed by atoms with Crippen LogP contribution in [0.25, 0.3) is 0 Å². The number of amides is 1. The Morgan fingerprint density at radius 1 is 0.970 bits per heavy atom. The molecule has 9 heteroatoms. The van der Waals surface area contributed by atoms with Crippen molar-refractivity contribution in [3.63, 3.8) is 0 Å². The Balaban J connectivity index is 0.00000193. The van der Waals surface area contributed by atoms with Crippen molar-refractivity contribution >= 4 is 36.1 Å². The average molecular weight is 694 g/mol. The fourth-order valence-corrected chi connectivity index (χ4v) is 7.37. The number of carbonyl (C=O) groups is 1. The molecule has 0 saturated carbocycles. The first-order valence-electron chi connectivity index (χ1n) is 11.1. The first kappa shape index (κ1) is 29.9. The maximum atomic E-state index is 13.7. The zero-order valence-electron chi connectivity index (χ0n) is 19.6. The Kier molecular flexibility index (Phi) is 12.5. The summed E-state index contributed by atoms with van der Waals surface area (Å²) < 4.78 is 42.2. The van der Waals surface area contributed by atoms with E-state index in [0.717, 1.165) is 25.8 Å². The third-order valence-electron chi connectivity index (χ3n) is 6.06. The molecule has 1 amide bonds. The average Bonchev–Trinajstić information content (AvgIpc) is 3.40. The first-order chi connectivity index (χ1) is 14.9. The van der Waals surface area contributed by atoms with Gasteiger partial charge in [-0.3, -0.25) is 4.79 Å². The summed E-state index contributed by atoms with van der Waals surface area (Å²) in [5.74, 6) is -0.245. The third kappa shape index (κ3) is 7.56. The third-order valence-corrected chi connectivity index (χ3v) is 9.33. The summed E-state index contributed by atoms with van der Waals surface area (Å²) in [6.45, 7) is 4.59. The van der Waals surface area contributed by atoms with Crippen LogP contribution < -0.4 is 72.0 Å². The zero-order valence-corrected chi connectivity index (χ0v) is 28.0. The molecule has 3 aliphatic rings. The summed E-state index contributed by atoms with van der Waals surface area (Å²) in [5, 5.41) is 0. The van der Waals surface area contributed by atoms with Gasteiger partial charge in [0, 0.05) is 39.7 Å². The van der Waals surface area contributed by atoms with Gasteiger partial charge >= 0.3 is 75.1 Å². The standard InChI is InChI=1S/C23H28F3IN3O.CH3.Cs/c24-23(25,26)21-19-12-17-29(16-7-2-1-6-13-28-14-8-9-15-28)22(31)20(19)30(27-21)18-10-4-3-5-11-18;;/h4-5,10-11H,1-2,6-9,12-17H2;1H3;/q2*-1;+1. The van der Waals surface area contributed by atoms with Crippen LogP contribution in [0.3, 0.4) is 0 Å². The van der Waals surface area contributed by atoms with Crippen LogP contribution >= 0.6 is 21.0 Å². The fraction of sp³-hybridized carbons (Fsp3) is 0.542. The second-order valence-electron chi connectivity index (χ2n) is 8.27. The molecule has 0 aromatic heterocycles. The SMILES string of the molecule is O=C1C2=C(CCN1CCCCCCN1CCCC1)C(C(F)(F)F)=IN2c1cc[c-]cc1.[CH3-].[Cs+]. The molecule has 178 valence electrons. The van der Waals surface area contributed by atoms with Crippen LogP contribution in [0, 0.1) is 13.5 Å². The van der Waals surface area contributed by atoms with Gasteiger partial charge in [0.15, 0.2) is 0 Å². The van der Waals surface area contributed by atoms with E-state index < -0.39 is 30.7 Å². The summed E-state index contributed by atoms with van der Waals surface area (Å²) in [6.07, 6.45) is 2.80. The van der Waals surface area contributed by atoms with Crippen LogP contribution in [0.1, 0.15) is 44.9 Å². The van der Waals surface area contributed by atoms with Crippen molar-refractivity contribution in [1.29, 1.82) is 0 Å². The van der Waals surface area contributed by atoms with Gasteiger partial charge in [0.2, 0.25) is 0 Å². The summed E-state index contributed by atoms with van der Waals surface area (Å²) in [6, 6.07) is 9.72. The Labute approximate surface area is 264 Å². The minimum Gasteiger partial charge on any atom is -0.358 e. The molecule has 33 heavy (non-hydrogen) atoms. The maximum absolute atomic E-state index is 13.7. The number of benzene rings is 1. The normalized spacial score (nSPS) is 19.0. The van der Waals surface area contributed by atoms with Gasteiger partial charge in [0.1, 0.15) is 9.21 Å². The van der Waals surface area contributed by atoms with Crippen LogP contribution in [0.4, 0.5) is 18.9 Å². The Morgan fingerprint density at radius 2 is 1.61 bits per heavy atom. The zero-order chi connectivity index (χ0) is 21.8. The molecule has 1 aromatic carbocycles. The fourth-order valence-electron chi connectivity index (χ4n) is 4.46. The molecule has 1 fully saturated rings. The van der Waals surface area contributed by atoms with Gasteiger partial charge in [-0.05, 0) is 51.7 Å². The molecule has 3 aliphatic heterocycles. The van der Waals surface area contributed by atoms with Gasteiger partial charge in [-0.25, -0.2) is 0 Å². The Bertz CT molecular complexity index is 854. The minimum atomic E-state index is -4.37. The maximum Gasteiger partial charge on any atom is 1.00 e. The largest absolute Gasteiger partial charge is 1.00 e. The number of anilines is 1. The van der Waals surface area contributed by atoms with Crippen LogP contribution in [0.5, 0.6) is 0 Å². The Morgan fingerprint density at radius 3 is 2.24 bits per heavy atom. The number of carbonyl (C=O) groups excluding carboxylic acids is 1. The van der Waals surface area contributed by atoms with E-state index in [2.05, 4.69) is 11.0 Å². The molecule has 0 spiro atoms. The van der Waals surface area contributed by atoms with E-state index in [1.807, 2.05) is 0 Å². The number of hydrogen-bond donors (Lipinski definition) is 0. The quantitative estimate of drug-likeness (QED) is 0.181. The van der Waals surface area contributed by atoms with E-state index >= 15 is 0 Å². The summed E-state index contributed by atoms with van der Waals surface area (Å²) >= 11 is -1.50. The molecular formula is C24H31CsF3IN3O-. The predicted octanol–water partition coefficient (Wildman–Crippen LogP) is 2.52. The van der Waals surface area contributed by atoms with Crippen LogP contribution in [0.2, 0.25) is 0 Å². The van der Waals surface area contributed by atoms with Gasteiger partial charge in [0.25, 0.3) is 5.91 Å². The molecule has 0 N–H and O–H groups in total. The predicted molar refractivity (Wildman–Crippen MR) is 132 cm³/mol. The van der Waals surface area contributed by atoms with Crippen molar-refractivity contribution < 1.29 is 86.9 Å².